The fourth-order valence-corrected chi connectivity index (χ4v) is 3.13. The summed E-state index contributed by atoms with van der Waals surface area (Å²) in [7, 11) is 0. The summed E-state index contributed by atoms with van der Waals surface area (Å²) in [5.74, 6) is -0.804. The van der Waals surface area contributed by atoms with Gasteiger partial charge in [-0.25, -0.2) is 0 Å². The van der Waals surface area contributed by atoms with Crippen LogP contribution in [0.4, 0.5) is 18.9 Å². The summed E-state index contributed by atoms with van der Waals surface area (Å²) in [6.45, 7) is -0.307. The van der Waals surface area contributed by atoms with E-state index >= 15 is 0 Å². The van der Waals surface area contributed by atoms with Crippen molar-refractivity contribution in [1.29, 1.82) is 0 Å². The van der Waals surface area contributed by atoms with Gasteiger partial charge in [0.15, 0.2) is 6.61 Å². The summed E-state index contributed by atoms with van der Waals surface area (Å²) in [5, 5.41) is 12.8. The summed E-state index contributed by atoms with van der Waals surface area (Å²) in [4.78, 5) is 23.9. The molecule has 3 aromatic rings. The van der Waals surface area contributed by atoms with E-state index in [4.69, 9.17) is 20.8 Å². The molecule has 0 bridgehead atoms. The Labute approximate surface area is 194 Å². The van der Waals surface area contributed by atoms with Crippen LogP contribution in [0.5, 0.6) is 5.75 Å². The third kappa shape index (κ3) is 7.68. The van der Waals surface area contributed by atoms with Gasteiger partial charge in [-0.3, -0.25) is 9.59 Å². The first-order valence-corrected chi connectivity index (χ1v) is 10.6. The van der Waals surface area contributed by atoms with Crippen molar-refractivity contribution in [3.05, 3.63) is 65.0 Å². The SMILES string of the molecule is O=C(COc1ccc(Cl)cc1)NCc1nnc(SCC(=O)Nc2ccccc2C(F)(F)F)o1. The molecule has 8 nitrogen and oxygen atoms in total. The second-order valence-electron chi connectivity index (χ2n) is 6.36. The second kappa shape index (κ2) is 11.1. The topological polar surface area (TPSA) is 106 Å². The highest BCUT2D eigenvalue weighted by Gasteiger charge is 2.33. The Morgan fingerprint density at radius 3 is 2.52 bits per heavy atom. The summed E-state index contributed by atoms with van der Waals surface area (Å²) in [6.07, 6.45) is -4.59. The van der Waals surface area contributed by atoms with E-state index in [9.17, 15) is 22.8 Å². The van der Waals surface area contributed by atoms with Crippen LogP contribution in [0.1, 0.15) is 11.5 Å². The van der Waals surface area contributed by atoms with Crippen LogP contribution in [-0.2, 0) is 22.3 Å². The molecule has 0 fully saturated rings. The molecule has 2 amide bonds. The van der Waals surface area contributed by atoms with Crippen LogP contribution in [0.15, 0.2) is 58.2 Å². The molecule has 0 spiro atoms. The van der Waals surface area contributed by atoms with Crippen molar-refractivity contribution in [3.8, 4) is 5.75 Å². The van der Waals surface area contributed by atoms with Crippen LogP contribution in [0.25, 0.3) is 0 Å². The number of hydrogen-bond donors (Lipinski definition) is 2. The summed E-state index contributed by atoms with van der Waals surface area (Å²) in [6, 6.07) is 11.2. The number of amides is 2. The van der Waals surface area contributed by atoms with Crippen LogP contribution < -0.4 is 15.4 Å². The number of alkyl halides is 3. The van der Waals surface area contributed by atoms with E-state index in [-0.39, 0.29) is 35.7 Å². The van der Waals surface area contributed by atoms with Gasteiger partial charge in [-0.05, 0) is 36.4 Å². The van der Waals surface area contributed by atoms with E-state index < -0.39 is 23.6 Å². The minimum absolute atomic E-state index is 0.0240. The van der Waals surface area contributed by atoms with Crippen molar-refractivity contribution in [2.75, 3.05) is 17.7 Å². The molecule has 0 saturated heterocycles. The number of thioether (sulfide) groups is 1. The molecule has 0 aliphatic heterocycles. The number of rotatable bonds is 9. The van der Waals surface area contributed by atoms with Crippen molar-refractivity contribution in [2.45, 2.75) is 17.9 Å². The van der Waals surface area contributed by atoms with Crippen LogP contribution >= 0.6 is 23.4 Å². The molecule has 0 radical (unpaired) electrons. The third-order valence-corrected chi connectivity index (χ3v) is 4.97. The second-order valence-corrected chi connectivity index (χ2v) is 7.72. The first kappa shape index (κ1) is 24.4. The Kier molecular flexibility index (Phi) is 8.17. The molecule has 33 heavy (non-hydrogen) atoms. The molecule has 0 atom stereocenters. The fourth-order valence-electron chi connectivity index (χ4n) is 2.43. The van der Waals surface area contributed by atoms with Crippen LogP contribution in [0.2, 0.25) is 5.02 Å². The molecule has 3 rings (SSSR count). The van der Waals surface area contributed by atoms with E-state index in [1.807, 2.05) is 0 Å². The first-order chi connectivity index (χ1) is 15.7. The smallest absolute Gasteiger partial charge is 0.418 e. The van der Waals surface area contributed by atoms with Crippen LogP contribution in [0.3, 0.4) is 0 Å². The molecule has 2 N–H and O–H groups in total. The summed E-state index contributed by atoms with van der Waals surface area (Å²) in [5.41, 5.74) is -1.29. The van der Waals surface area contributed by atoms with Gasteiger partial charge in [0.05, 0.1) is 23.5 Å². The van der Waals surface area contributed by atoms with Gasteiger partial charge in [-0.15, -0.1) is 10.2 Å². The largest absolute Gasteiger partial charge is 0.484 e. The number of benzene rings is 2. The van der Waals surface area contributed by atoms with Gasteiger partial charge in [0, 0.05) is 5.02 Å². The zero-order valence-corrected chi connectivity index (χ0v) is 18.3. The molecule has 1 aromatic heterocycles. The van der Waals surface area contributed by atoms with Gasteiger partial charge < -0.3 is 19.8 Å². The van der Waals surface area contributed by atoms with E-state index in [2.05, 4.69) is 20.8 Å². The number of carbonyl (C=O) groups excluding carboxylic acids is 2. The fraction of sp³-hybridized carbons (Fsp3) is 0.200. The maximum atomic E-state index is 13.0. The highest BCUT2D eigenvalue weighted by atomic mass is 35.5. The Balaban J connectivity index is 1.42. The molecule has 0 unspecified atom stereocenters. The van der Waals surface area contributed by atoms with Crippen molar-refractivity contribution >= 4 is 40.9 Å². The van der Waals surface area contributed by atoms with Crippen LogP contribution in [-0.4, -0.2) is 34.4 Å². The van der Waals surface area contributed by atoms with Gasteiger partial charge in [0.1, 0.15) is 5.75 Å². The molecule has 174 valence electrons. The molecule has 2 aromatic carbocycles. The number of nitrogens with zero attached hydrogens (tertiary/aromatic N) is 2. The molecule has 13 heteroatoms. The Morgan fingerprint density at radius 1 is 1.06 bits per heavy atom. The lowest BCUT2D eigenvalue weighted by molar-refractivity contribution is -0.137. The van der Waals surface area contributed by atoms with Crippen LogP contribution in [0, 0.1) is 0 Å². The Hall–Kier alpha value is -3.25. The third-order valence-electron chi connectivity index (χ3n) is 3.90. The monoisotopic (exact) mass is 500 g/mol. The van der Waals surface area contributed by atoms with E-state index in [1.54, 1.807) is 24.3 Å². The maximum Gasteiger partial charge on any atom is 0.418 e. The number of para-hydroxylation sites is 1. The molecule has 1 heterocycles. The molecule has 0 aliphatic rings. The Morgan fingerprint density at radius 2 is 1.79 bits per heavy atom. The summed E-state index contributed by atoms with van der Waals surface area (Å²) >= 11 is 6.61. The van der Waals surface area contributed by atoms with E-state index in [0.717, 1.165) is 23.9 Å². The predicted molar refractivity (Wildman–Crippen MR) is 114 cm³/mol. The maximum absolute atomic E-state index is 13.0. The number of hydrogen-bond acceptors (Lipinski definition) is 7. The zero-order valence-electron chi connectivity index (χ0n) is 16.7. The van der Waals surface area contributed by atoms with E-state index in [1.165, 1.54) is 12.1 Å². The lowest BCUT2D eigenvalue weighted by Gasteiger charge is -2.13. The number of aromatic nitrogens is 2. The zero-order chi connectivity index (χ0) is 23.8. The van der Waals surface area contributed by atoms with Gasteiger partial charge in [0.2, 0.25) is 11.8 Å². The lowest BCUT2D eigenvalue weighted by Crippen LogP contribution is -2.28. The molecular formula is C20H16ClF3N4O4S. The lowest BCUT2D eigenvalue weighted by atomic mass is 10.1. The normalized spacial score (nSPS) is 11.2. The van der Waals surface area contributed by atoms with Gasteiger partial charge in [-0.2, -0.15) is 13.2 Å². The van der Waals surface area contributed by atoms with Crippen molar-refractivity contribution in [2.24, 2.45) is 0 Å². The number of carbonyl (C=O) groups is 2. The van der Waals surface area contributed by atoms with Crippen molar-refractivity contribution < 1.29 is 31.9 Å². The Bertz CT molecular complexity index is 1110. The van der Waals surface area contributed by atoms with Crippen molar-refractivity contribution in [1.82, 2.24) is 15.5 Å². The highest BCUT2D eigenvalue weighted by molar-refractivity contribution is 7.99. The minimum atomic E-state index is -4.59. The standard InChI is InChI=1S/C20H16ClF3N4O4S/c21-12-5-7-13(8-6-12)31-10-16(29)25-9-18-27-28-19(32-18)33-11-17(30)26-15-4-2-1-3-14(15)20(22,23)24/h1-8H,9-11H2,(H,25,29)(H,26,30). The number of nitrogens with one attached hydrogen (secondary N) is 2. The predicted octanol–water partition coefficient (Wildman–Crippen LogP) is 4.17. The number of ether oxygens (including phenoxy) is 1. The van der Waals surface area contributed by atoms with Gasteiger partial charge in [0.25, 0.3) is 11.1 Å². The average Bonchev–Trinajstić information content (AvgIpc) is 3.23. The number of anilines is 1. The molecule has 0 saturated carbocycles. The number of halogens is 4. The molecular weight excluding hydrogens is 485 g/mol. The highest BCUT2D eigenvalue weighted by Crippen LogP contribution is 2.34. The first-order valence-electron chi connectivity index (χ1n) is 9.27. The van der Waals surface area contributed by atoms with E-state index in [0.29, 0.717) is 10.8 Å². The van der Waals surface area contributed by atoms with Gasteiger partial charge >= 0.3 is 6.18 Å². The minimum Gasteiger partial charge on any atom is -0.484 e. The summed E-state index contributed by atoms with van der Waals surface area (Å²) < 4.78 is 49.6. The average molecular weight is 501 g/mol. The van der Waals surface area contributed by atoms with Gasteiger partial charge in [-0.1, -0.05) is 35.5 Å². The molecule has 0 aliphatic carbocycles. The van der Waals surface area contributed by atoms with Crippen molar-refractivity contribution in [3.63, 3.8) is 0 Å². The quantitative estimate of drug-likeness (QED) is 0.425.